The van der Waals surface area contributed by atoms with Crippen LogP contribution in [0, 0.1) is 0 Å². The first-order chi connectivity index (χ1) is 11.8. The molecule has 0 unspecified atom stereocenters. The van der Waals surface area contributed by atoms with Crippen LogP contribution in [0.5, 0.6) is 0 Å². The molecule has 5 heteroatoms. The Labute approximate surface area is 147 Å². The Hall–Kier alpha value is -1.46. The van der Waals surface area contributed by atoms with Crippen LogP contribution in [0.4, 0.5) is 0 Å². The van der Waals surface area contributed by atoms with Gasteiger partial charge in [-0.3, -0.25) is 4.79 Å². The lowest BCUT2D eigenvalue weighted by molar-refractivity contribution is 0.0928. The van der Waals surface area contributed by atoms with Crippen LogP contribution in [0.2, 0.25) is 0 Å². The van der Waals surface area contributed by atoms with Gasteiger partial charge in [0.05, 0.1) is 15.2 Å². The average Bonchev–Trinajstić information content (AvgIpc) is 3.06. The molecule has 24 heavy (non-hydrogen) atoms. The minimum atomic E-state index is 0.0700. The van der Waals surface area contributed by atoms with Crippen molar-refractivity contribution in [3.05, 3.63) is 28.8 Å². The van der Waals surface area contributed by atoms with Crippen molar-refractivity contribution >= 4 is 27.5 Å². The number of amides is 1. The molecule has 1 saturated heterocycles. The molecule has 0 radical (unpaired) electrons. The summed E-state index contributed by atoms with van der Waals surface area (Å²) >= 11 is 1.76. The van der Waals surface area contributed by atoms with Crippen LogP contribution in [0.1, 0.15) is 66.2 Å². The number of aromatic nitrogens is 1. The van der Waals surface area contributed by atoms with Gasteiger partial charge in [-0.25, -0.2) is 4.98 Å². The predicted octanol–water partition coefficient (Wildman–Crippen LogP) is 3.83. The number of hydrogen-bond acceptors (Lipinski definition) is 4. The molecule has 1 aromatic heterocycles. The highest BCUT2D eigenvalue weighted by atomic mass is 32.1. The number of hydrogen-bond donors (Lipinski definition) is 2. The highest BCUT2D eigenvalue weighted by Gasteiger charge is 2.20. The van der Waals surface area contributed by atoms with Crippen LogP contribution >= 0.6 is 11.3 Å². The Kier molecular flexibility index (Phi) is 4.81. The zero-order valence-corrected chi connectivity index (χ0v) is 14.8. The second-order valence-electron chi connectivity index (χ2n) is 7.07. The van der Waals surface area contributed by atoms with Crippen molar-refractivity contribution in [3.8, 4) is 0 Å². The van der Waals surface area contributed by atoms with E-state index in [-0.39, 0.29) is 5.91 Å². The summed E-state index contributed by atoms with van der Waals surface area (Å²) in [6.07, 6.45) is 8.34. The van der Waals surface area contributed by atoms with E-state index in [1.807, 2.05) is 18.2 Å². The number of nitrogens with zero attached hydrogens (tertiary/aromatic N) is 1. The number of rotatable bonds is 3. The molecule has 4 rings (SSSR count). The van der Waals surface area contributed by atoms with E-state index in [1.54, 1.807) is 11.3 Å². The van der Waals surface area contributed by atoms with Gasteiger partial charge in [0.2, 0.25) is 0 Å². The van der Waals surface area contributed by atoms with Crippen molar-refractivity contribution in [2.24, 2.45) is 0 Å². The minimum absolute atomic E-state index is 0.0700. The quantitative estimate of drug-likeness (QED) is 0.890. The lowest BCUT2D eigenvalue weighted by Gasteiger charge is -2.22. The van der Waals surface area contributed by atoms with Crippen LogP contribution in [0.25, 0.3) is 10.2 Å². The van der Waals surface area contributed by atoms with Crippen molar-refractivity contribution in [1.82, 2.24) is 15.6 Å². The van der Waals surface area contributed by atoms with E-state index in [0.717, 1.165) is 54.6 Å². The molecule has 128 valence electrons. The summed E-state index contributed by atoms with van der Waals surface area (Å²) < 4.78 is 1.14. The first kappa shape index (κ1) is 16.0. The molecule has 0 bridgehead atoms. The van der Waals surface area contributed by atoms with Crippen molar-refractivity contribution in [2.75, 3.05) is 13.1 Å². The summed E-state index contributed by atoms with van der Waals surface area (Å²) in [4.78, 5) is 17.3. The molecule has 1 amide bonds. The summed E-state index contributed by atoms with van der Waals surface area (Å²) in [5, 5.41) is 7.84. The number of carbonyl (C=O) groups is 1. The van der Waals surface area contributed by atoms with Gasteiger partial charge < -0.3 is 10.6 Å². The van der Waals surface area contributed by atoms with E-state index in [9.17, 15) is 4.79 Å². The van der Waals surface area contributed by atoms with Crippen molar-refractivity contribution in [3.63, 3.8) is 0 Å². The summed E-state index contributed by atoms with van der Waals surface area (Å²) in [7, 11) is 0. The van der Waals surface area contributed by atoms with Crippen LogP contribution < -0.4 is 10.6 Å². The molecule has 2 N–H and O–H groups in total. The Bertz CT molecular complexity index is 714. The SMILES string of the molecule is O=C(NC1CCCCC1)c1ccc2nc(C3CCNCC3)sc2c1. The molecule has 0 atom stereocenters. The first-order valence-electron chi connectivity index (χ1n) is 9.22. The van der Waals surface area contributed by atoms with Crippen LogP contribution in [0.3, 0.4) is 0 Å². The Morgan fingerprint density at radius 2 is 1.92 bits per heavy atom. The second kappa shape index (κ2) is 7.19. The maximum absolute atomic E-state index is 12.5. The molecule has 2 fully saturated rings. The Balaban J connectivity index is 1.50. The van der Waals surface area contributed by atoms with Gasteiger partial charge in [0.15, 0.2) is 0 Å². The fourth-order valence-corrected chi connectivity index (χ4v) is 5.02. The maximum Gasteiger partial charge on any atom is 0.251 e. The molecule has 0 spiro atoms. The van der Waals surface area contributed by atoms with Crippen LogP contribution in [-0.4, -0.2) is 30.0 Å². The number of piperidine rings is 1. The molecule has 1 aliphatic carbocycles. The van der Waals surface area contributed by atoms with Crippen LogP contribution in [-0.2, 0) is 0 Å². The van der Waals surface area contributed by atoms with Gasteiger partial charge in [0.1, 0.15) is 0 Å². The number of carbonyl (C=O) groups excluding carboxylic acids is 1. The van der Waals surface area contributed by atoms with Gasteiger partial charge in [-0.15, -0.1) is 11.3 Å². The molecule has 4 nitrogen and oxygen atoms in total. The molecule has 1 aliphatic heterocycles. The maximum atomic E-state index is 12.5. The fraction of sp³-hybridized carbons (Fsp3) is 0.579. The predicted molar refractivity (Wildman–Crippen MR) is 98.8 cm³/mol. The molecule has 2 aliphatic rings. The second-order valence-corrected chi connectivity index (χ2v) is 8.13. The van der Waals surface area contributed by atoms with Gasteiger partial charge in [-0.1, -0.05) is 19.3 Å². The number of thiazole rings is 1. The molecule has 1 saturated carbocycles. The summed E-state index contributed by atoms with van der Waals surface area (Å²) in [5.74, 6) is 0.642. The third-order valence-electron chi connectivity index (χ3n) is 5.30. The molecule has 1 aromatic carbocycles. The minimum Gasteiger partial charge on any atom is -0.349 e. The van der Waals surface area contributed by atoms with Gasteiger partial charge >= 0.3 is 0 Å². The van der Waals surface area contributed by atoms with Crippen LogP contribution in [0.15, 0.2) is 18.2 Å². The number of fused-ring (bicyclic) bond motifs is 1. The first-order valence-corrected chi connectivity index (χ1v) is 10.0. The standard InChI is InChI=1S/C19H25N3OS/c23-18(21-15-4-2-1-3-5-15)14-6-7-16-17(12-14)24-19(22-16)13-8-10-20-11-9-13/h6-7,12-13,15,20H,1-5,8-11H2,(H,21,23). The number of nitrogens with one attached hydrogen (secondary N) is 2. The Morgan fingerprint density at radius 3 is 2.71 bits per heavy atom. The molecule has 2 aromatic rings. The smallest absolute Gasteiger partial charge is 0.251 e. The summed E-state index contributed by atoms with van der Waals surface area (Å²) in [6, 6.07) is 6.31. The van der Waals surface area contributed by atoms with Gasteiger partial charge in [0, 0.05) is 17.5 Å². The largest absolute Gasteiger partial charge is 0.349 e. The highest BCUT2D eigenvalue weighted by Crippen LogP contribution is 2.32. The van der Waals surface area contributed by atoms with Crippen molar-refractivity contribution in [1.29, 1.82) is 0 Å². The van der Waals surface area contributed by atoms with E-state index in [4.69, 9.17) is 4.98 Å². The molecular weight excluding hydrogens is 318 g/mol. The summed E-state index contributed by atoms with van der Waals surface area (Å²) in [5.41, 5.74) is 1.80. The van der Waals surface area contributed by atoms with E-state index < -0.39 is 0 Å². The van der Waals surface area contributed by atoms with E-state index in [1.165, 1.54) is 24.3 Å². The van der Waals surface area contributed by atoms with E-state index >= 15 is 0 Å². The van der Waals surface area contributed by atoms with Gasteiger partial charge in [-0.05, 0) is 57.0 Å². The van der Waals surface area contributed by atoms with E-state index in [0.29, 0.717) is 12.0 Å². The van der Waals surface area contributed by atoms with Crippen molar-refractivity contribution < 1.29 is 4.79 Å². The number of benzene rings is 1. The van der Waals surface area contributed by atoms with Gasteiger partial charge in [0.25, 0.3) is 5.91 Å². The third-order valence-corrected chi connectivity index (χ3v) is 6.48. The van der Waals surface area contributed by atoms with Crippen molar-refractivity contribution in [2.45, 2.75) is 56.9 Å². The fourth-order valence-electron chi connectivity index (χ4n) is 3.84. The monoisotopic (exact) mass is 343 g/mol. The van der Waals surface area contributed by atoms with Gasteiger partial charge in [-0.2, -0.15) is 0 Å². The lowest BCUT2D eigenvalue weighted by Crippen LogP contribution is -2.36. The zero-order chi connectivity index (χ0) is 16.4. The van der Waals surface area contributed by atoms with E-state index in [2.05, 4.69) is 10.6 Å². The highest BCUT2D eigenvalue weighted by molar-refractivity contribution is 7.18. The summed E-state index contributed by atoms with van der Waals surface area (Å²) in [6.45, 7) is 2.16. The lowest BCUT2D eigenvalue weighted by atomic mass is 9.95. The molecular formula is C19H25N3OS. The third kappa shape index (κ3) is 3.47. The Morgan fingerprint density at radius 1 is 1.12 bits per heavy atom. The average molecular weight is 343 g/mol. The zero-order valence-electron chi connectivity index (χ0n) is 14.0. The molecule has 2 heterocycles. The topological polar surface area (TPSA) is 54.0 Å². The normalized spacial score (nSPS) is 20.3.